The molecule has 0 aliphatic rings. The molecule has 0 saturated carbocycles. The lowest BCUT2D eigenvalue weighted by Gasteiger charge is -2.18. The molecule has 0 heterocycles. The van der Waals surface area contributed by atoms with E-state index in [1.807, 2.05) is 0 Å². The third-order valence-corrected chi connectivity index (χ3v) is 2.18. The molecule has 6 heteroatoms. The van der Waals surface area contributed by atoms with E-state index in [2.05, 4.69) is 0 Å². The summed E-state index contributed by atoms with van der Waals surface area (Å²) >= 11 is 15.8. The van der Waals surface area contributed by atoms with Gasteiger partial charge in [-0.3, -0.25) is 0 Å². The van der Waals surface area contributed by atoms with Crippen LogP contribution in [0, 0.1) is 0 Å². The molecule has 0 aliphatic heterocycles. The molecule has 0 amide bonds. The van der Waals surface area contributed by atoms with Crippen LogP contribution in [0.5, 0.6) is 0 Å². The van der Waals surface area contributed by atoms with Crippen molar-refractivity contribution in [2.75, 3.05) is 0 Å². The topological polar surface area (TPSA) is 60.7 Å². The second-order valence-electron chi connectivity index (χ2n) is 1.68. The van der Waals surface area contributed by atoms with E-state index in [4.69, 9.17) is 50.1 Å². The lowest BCUT2D eigenvalue weighted by molar-refractivity contribution is -0.121. The van der Waals surface area contributed by atoms with Gasteiger partial charge in [0.15, 0.2) is 6.29 Å². The molecule has 0 aromatic heterocycles. The average Bonchev–Trinajstić information content (AvgIpc) is 1.84. The van der Waals surface area contributed by atoms with Crippen molar-refractivity contribution >= 4 is 34.8 Å². The molecule has 0 bridgehead atoms. The molecule has 0 aromatic carbocycles. The van der Waals surface area contributed by atoms with Crippen LogP contribution in [0.15, 0.2) is 0 Å². The van der Waals surface area contributed by atoms with E-state index in [0.717, 1.165) is 0 Å². The molecule has 2 unspecified atom stereocenters. The van der Waals surface area contributed by atoms with Gasteiger partial charge in [0.2, 0.25) is 0 Å². The third-order valence-electron chi connectivity index (χ3n) is 0.872. The van der Waals surface area contributed by atoms with Crippen molar-refractivity contribution in [3.05, 3.63) is 0 Å². The van der Waals surface area contributed by atoms with Crippen molar-refractivity contribution in [1.29, 1.82) is 0 Å². The van der Waals surface area contributed by atoms with E-state index >= 15 is 0 Å². The number of alkyl halides is 3. The SMILES string of the molecule is OC(O)C(O)C(Cl)C(Cl)Cl. The van der Waals surface area contributed by atoms with E-state index < -0.39 is 22.6 Å². The van der Waals surface area contributed by atoms with Crippen molar-refractivity contribution in [2.45, 2.75) is 22.6 Å². The van der Waals surface area contributed by atoms with Crippen molar-refractivity contribution < 1.29 is 15.3 Å². The normalized spacial score (nSPS) is 18.0. The number of aliphatic hydroxyl groups excluding tert-OH is 2. The van der Waals surface area contributed by atoms with Gasteiger partial charge in [0.05, 0.1) is 5.38 Å². The highest BCUT2D eigenvalue weighted by Gasteiger charge is 2.27. The molecule has 0 aromatic rings. The fraction of sp³-hybridized carbons (Fsp3) is 1.00. The second kappa shape index (κ2) is 4.59. The Kier molecular flexibility index (Phi) is 4.94. The Labute approximate surface area is 73.1 Å². The first-order chi connectivity index (χ1) is 4.46. The smallest absolute Gasteiger partial charge is 0.179 e. The third kappa shape index (κ3) is 3.23. The van der Waals surface area contributed by atoms with Crippen LogP contribution in [-0.4, -0.2) is 37.9 Å². The molecule has 10 heavy (non-hydrogen) atoms. The highest BCUT2D eigenvalue weighted by molar-refractivity contribution is 6.48. The molecule has 0 spiro atoms. The molecule has 2 atom stereocenters. The van der Waals surface area contributed by atoms with Gasteiger partial charge >= 0.3 is 0 Å². The number of hydrogen-bond acceptors (Lipinski definition) is 3. The molecule has 0 radical (unpaired) electrons. The number of aliphatic hydroxyl groups is 3. The van der Waals surface area contributed by atoms with Crippen LogP contribution in [0.25, 0.3) is 0 Å². The van der Waals surface area contributed by atoms with Crippen LogP contribution < -0.4 is 0 Å². The quantitative estimate of drug-likeness (QED) is 0.455. The standard InChI is InChI=1S/C4H7Cl3O3/c5-1(3(6)7)2(8)4(9)10/h1-4,8-10H. The van der Waals surface area contributed by atoms with Crippen molar-refractivity contribution in [2.24, 2.45) is 0 Å². The minimum Gasteiger partial charge on any atom is -0.386 e. The van der Waals surface area contributed by atoms with Gasteiger partial charge in [-0.2, -0.15) is 0 Å². The van der Waals surface area contributed by atoms with Gasteiger partial charge in [0.1, 0.15) is 10.9 Å². The van der Waals surface area contributed by atoms with Gasteiger partial charge in [0, 0.05) is 0 Å². The predicted octanol–water partition coefficient (Wildman–Crippen LogP) is 0.0691. The predicted molar refractivity (Wildman–Crippen MR) is 39.4 cm³/mol. The van der Waals surface area contributed by atoms with E-state index in [0.29, 0.717) is 0 Å². The van der Waals surface area contributed by atoms with E-state index in [1.165, 1.54) is 0 Å². The van der Waals surface area contributed by atoms with Crippen LogP contribution in [0.3, 0.4) is 0 Å². The summed E-state index contributed by atoms with van der Waals surface area (Å²) < 4.78 is 0. The number of halogens is 3. The Morgan fingerprint density at radius 3 is 1.40 bits per heavy atom. The Morgan fingerprint density at radius 2 is 1.30 bits per heavy atom. The zero-order valence-electron chi connectivity index (χ0n) is 4.78. The Morgan fingerprint density at radius 1 is 0.900 bits per heavy atom. The van der Waals surface area contributed by atoms with E-state index in [1.54, 1.807) is 0 Å². The number of rotatable bonds is 3. The summed E-state index contributed by atoms with van der Waals surface area (Å²) in [4.78, 5) is -1.03. The summed E-state index contributed by atoms with van der Waals surface area (Å²) in [6.45, 7) is 0. The van der Waals surface area contributed by atoms with Gasteiger partial charge in [-0.05, 0) is 0 Å². The molecule has 0 fully saturated rings. The zero-order chi connectivity index (χ0) is 8.31. The summed E-state index contributed by atoms with van der Waals surface area (Å²) in [6.07, 6.45) is -3.44. The van der Waals surface area contributed by atoms with Crippen LogP contribution >= 0.6 is 34.8 Å². The molecular weight excluding hydrogens is 202 g/mol. The zero-order valence-corrected chi connectivity index (χ0v) is 7.05. The lowest BCUT2D eigenvalue weighted by Crippen LogP contribution is -2.37. The summed E-state index contributed by atoms with van der Waals surface area (Å²) in [5, 5.41) is 24.4. The van der Waals surface area contributed by atoms with E-state index in [-0.39, 0.29) is 0 Å². The molecular formula is C4H7Cl3O3. The van der Waals surface area contributed by atoms with Crippen molar-refractivity contribution in [3.63, 3.8) is 0 Å². The molecule has 0 saturated heterocycles. The van der Waals surface area contributed by atoms with Gasteiger partial charge in [-0.1, -0.05) is 0 Å². The summed E-state index contributed by atoms with van der Waals surface area (Å²) in [6, 6.07) is 0. The maximum atomic E-state index is 8.76. The minimum atomic E-state index is -1.91. The molecule has 3 nitrogen and oxygen atoms in total. The highest BCUT2D eigenvalue weighted by atomic mass is 35.5. The molecule has 62 valence electrons. The average molecular weight is 209 g/mol. The molecule has 0 rings (SSSR count). The molecule has 3 N–H and O–H groups in total. The lowest BCUT2D eigenvalue weighted by atomic mass is 10.2. The molecule has 0 aliphatic carbocycles. The van der Waals surface area contributed by atoms with Crippen molar-refractivity contribution in [1.82, 2.24) is 0 Å². The van der Waals surface area contributed by atoms with Gasteiger partial charge in [0.25, 0.3) is 0 Å². The van der Waals surface area contributed by atoms with Crippen LogP contribution in [0.2, 0.25) is 0 Å². The van der Waals surface area contributed by atoms with Gasteiger partial charge in [-0.25, -0.2) is 0 Å². The largest absolute Gasteiger partial charge is 0.386 e. The van der Waals surface area contributed by atoms with E-state index in [9.17, 15) is 0 Å². The maximum Gasteiger partial charge on any atom is 0.179 e. The Bertz CT molecular complexity index is 85.7. The van der Waals surface area contributed by atoms with Crippen molar-refractivity contribution in [3.8, 4) is 0 Å². The van der Waals surface area contributed by atoms with Crippen LogP contribution in [0.1, 0.15) is 0 Å². The van der Waals surface area contributed by atoms with Crippen LogP contribution in [-0.2, 0) is 0 Å². The minimum absolute atomic E-state index is 1.03. The summed E-state index contributed by atoms with van der Waals surface area (Å²) in [5.41, 5.74) is 0. The Balaban J connectivity index is 3.81. The second-order valence-corrected chi connectivity index (χ2v) is 3.35. The van der Waals surface area contributed by atoms with Gasteiger partial charge < -0.3 is 15.3 Å². The summed E-state index contributed by atoms with van der Waals surface area (Å²) in [5.74, 6) is 0. The first kappa shape index (κ1) is 10.8. The van der Waals surface area contributed by atoms with Crippen LogP contribution in [0.4, 0.5) is 0 Å². The fourth-order valence-electron chi connectivity index (χ4n) is 0.313. The first-order valence-electron chi connectivity index (χ1n) is 2.43. The number of hydrogen-bond donors (Lipinski definition) is 3. The first-order valence-corrected chi connectivity index (χ1v) is 3.74. The van der Waals surface area contributed by atoms with Gasteiger partial charge in [-0.15, -0.1) is 34.8 Å². The fourth-order valence-corrected chi connectivity index (χ4v) is 0.742. The highest BCUT2D eigenvalue weighted by Crippen LogP contribution is 2.18. The summed E-state index contributed by atoms with van der Waals surface area (Å²) in [7, 11) is 0. The maximum absolute atomic E-state index is 8.76. The monoisotopic (exact) mass is 208 g/mol. The Hall–Kier alpha value is 0.750.